The third-order valence-corrected chi connectivity index (χ3v) is 0.689. The lowest BCUT2D eigenvalue weighted by Gasteiger charge is -2.08. The van der Waals surface area contributed by atoms with Crippen LogP contribution in [-0.4, -0.2) is 12.7 Å². The third-order valence-electron chi connectivity index (χ3n) is 0.689. The standard InChI is InChI=1S/C7H11O2/c1-4-8-6-7(3)9-5-2/h4-5,7H,1-3,6H2. The molecule has 0 N–H and O–H groups in total. The van der Waals surface area contributed by atoms with Gasteiger partial charge in [0.1, 0.15) is 12.7 Å². The van der Waals surface area contributed by atoms with Crippen LogP contribution in [0.2, 0.25) is 0 Å². The normalized spacial score (nSPS) is 11.7. The second kappa shape index (κ2) is 5.22. The third kappa shape index (κ3) is 4.94. The van der Waals surface area contributed by atoms with E-state index in [0.29, 0.717) is 6.61 Å². The van der Waals surface area contributed by atoms with E-state index >= 15 is 0 Å². The molecule has 0 aromatic heterocycles. The van der Waals surface area contributed by atoms with Crippen molar-refractivity contribution >= 4 is 0 Å². The Bertz CT molecular complexity index is 88.9. The van der Waals surface area contributed by atoms with Crippen LogP contribution < -0.4 is 0 Å². The van der Waals surface area contributed by atoms with Crippen LogP contribution >= 0.6 is 0 Å². The van der Waals surface area contributed by atoms with Crippen LogP contribution in [0, 0.1) is 6.92 Å². The summed E-state index contributed by atoms with van der Waals surface area (Å²) in [6.07, 6.45) is 2.50. The SMILES string of the molecule is [CH2]C(COC=C)OC=C. The monoisotopic (exact) mass is 127 g/mol. The first-order valence-electron chi connectivity index (χ1n) is 2.63. The Labute approximate surface area is 55.8 Å². The summed E-state index contributed by atoms with van der Waals surface area (Å²) in [6, 6.07) is 0. The Kier molecular flexibility index (Phi) is 4.69. The molecule has 0 heterocycles. The second-order valence-electron chi connectivity index (χ2n) is 1.42. The molecule has 0 saturated carbocycles. The van der Waals surface area contributed by atoms with E-state index in [0.717, 1.165) is 0 Å². The Morgan fingerprint density at radius 2 is 2.00 bits per heavy atom. The van der Waals surface area contributed by atoms with Gasteiger partial charge in [0, 0.05) is 0 Å². The maximum absolute atomic E-state index is 4.82. The highest BCUT2D eigenvalue weighted by Gasteiger charge is 1.96. The van der Waals surface area contributed by atoms with Crippen LogP contribution in [0.3, 0.4) is 0 Å². The second-order valence-corrected chi connectivity index (χ2v) is 1.42. The van der Waals surface area contributed by atoms with Crippen molar-refractivity contribution in [3.05, 3.63) is 32.6 Å². The maximum atomic E-state index is 4.82. The fourth-order valence-electron chi connectivity index (χ4n) is 0.351. The first kappa shape index (κ1) is 8.08. The van der Waals surface area contributed by atoms with Gasteiger partial charge in [-0.1, -0.05) is 13.2 Å². The first-order chi connectivity index (χ1) is 4.31. The fourth-order valence-corrected chi connectivity index (χ4v) is 0.351. The van der Waals surface area contributed by atoms with Crippen LogP contribution in [-0.2, 0) is 9.47 Å². The highest BCUT2D eigenvalue weighted by Crippen LogP contribution is 1.90. The van der Waals surface area contributed by atoms with E-state index in [1.54, 1.807) is 0 Å². The van der Waals surface area contributed by atoms with E-state index in [4.69, 9.17) is 9.47 Å². The molecule has 0 bridgehead atoms. The van der Waals surface area contributed by atoms with Crippen LogP contribution in [0.5, 0.6) is 0 Å². The molecule has 0 aromatic carbocycles. The summed E-state index contributed by atoms with van der Waals surface area (Å²) in [5.41, 5.74) is 0. The van der Waals surface area contributed by atoms with Crippen LogP contribution in [0.15, 0.2) is 25.7 Å². The molecular weight excluding hydrogens is 116 g/mol. The summed E-state index contributed by atoms with van der Waals surface area (Å²) >= 11 is 0. The van der Waals surface area contributed by atoms with Gasteiger partial charge in [0.05, 0.1) is 12.5 Å². The molecule has 0 fully saturated rings. The molecule has 2 heteroatoms. The lowest BCUT2D eigenvalue weighted by molar-refractivity contribution is 0.0994. The lowest BCUT2D eigenvalue weighted by atomic mass is 10.4. The van der Waals surface area contributed by atoms with Gasteiger partial charge in [0.15, 0.2) is 0 Å². The maximum Gasteiger partial charge on any atom is 0.132 e. The summed E-state index contributed by atoms with van der Waals surface area (Å²) in [5, 5.41) is 0. The molecule has 0 spiro atoms. The molecule has 0 rings (SSSR count). The van der Waals surface area contributed by atoms with E-state index in [2.05, 4.69) is 20.1 Å². The van der Waals surface area contributed by atoms with Gasteiger partial charge in [-0.05, 0) is 6.92 Å². The molecule has 1 atom stereocenters. The molecular formula is C7H11O2. The average Bonchev–Trinajstić information content (AvgIpc) is 1.85. The van der Waals surface area contributed by atoms with Crippen molar-refractivity contribution in [3.8, 4) is 0 Å². The highest BCUT2D eigenvalue weighted by atomic mass is 16.5. The summed E-state index contributed by atoms with van der Waals surface area (Å²) < 4.78 is 9.60. The Hall–Kier alpha value is -0.920. The van der Waals surface area contributed by atoms with Crippen LogP contribution in [0.4, 0.5) is 0 Å². The Morgan fingerprint density at radius 1 is 1.33 bits per heavy atom. The first-order valence-corrected chi connectivity index (χ1v) is 2.63. The molecule has 9 heavy (non-hydrogen) atoms. The van der Waals surface area contributed by atoms with Gasteiger partial charge < -0.3 is 9.47 Å². The van der Waals surface area contributed by atoms with E-state index in [1.165, 1.54) is 12.5 Å². The van der Waals surface area contributed by atoms with Gasteiger partial charge in [-0.15, -0.1) is 0 Å². The number of hydrogen-bond acceptors (Lipinski definition) is 2. The predicted octanol–water partition coefficient (Wildman–Crippen LogP) is 1.51. The largest absolute Gasteiger partial charge is 0.498 e. The van der Waals surface area contributed by atoms with Crippen molar-refractivity contribution < 1.29 is 9.47 Å². The van der Waals surface area contributed by atoms with E-state index in [-0.39, 0.29) is 6.10 Å². The van der Waals surface area contributed by atoms with Crippen molar-refractivity contribution in [2.24, 2.45) is 0 Å². The van der Waals surface area contributed by atoms with Crippen molar-refractivity contribution in [1.29, 1.82) is 0 Å². The highest BCUT2D eigenvalue weighted by molar-refractivity contribution is 4.64. The molecule has 0 aliphatic rings. The molecule has 51 valence electrons. The minimum absolute atomic E-state index is 0.194. The van der Waals surface area contributed by atoms with Crippen molar-refractivity contribution in [2.45, 2.75) is 6.10 Å². The fraction of sp³-hybridized carbons (Fsp3) is 0.286. The molecule has 0 aliphatic heterocycles. The van der Waals surface area contributed by atoms with E-state index in [1.807, 2.05) is 0 Å². The summed E-state index contributed by atoms with van der Waals surface area (Å²) in [5.74, 6) is 0. The van der Waals surface area contributed by atoms with Crippen molar-refractivity contribution in [1.82, 2.24) is 0 Å². The van der Waals surface area contributed by atoms with Gasteiger partial charge >= 0.3 is 0 Å². The van der Waals surface area contributed by atoms with Crippen LogP contribution in [0.25, 0.3) is 0 Å². The minimum atomic E-state index is -0.194. The van der Waals surface area contributed by atoms with E-state index in [9.17, 15) is 0 Å². The van der Waals surface area contributed by atoms with Gasteiger partial charge in [-0.25, -0.2) is 0 Å². The van der Waals surface area contributed by atoms with Gasteiger partial charge in [-0.2, -0.15) is 0 Å². The average molecular weight is 127 g/mol. The number of ether oxygens (including phenoxy) is 2. The molecule has 1 unspecified atom stereocenters. The molecule has 2 nitrogen and oxygen atoms in total. The smallest absolute Gasteiger partial charge is 0.132 e. The molecule has 0 saturated heterocycles. The lowest BCUT2D eigenvalue weighted by Crippen LogP contribution is -2.10. The van der Waals surface area contributed by atoms with Gasteiger partial charge in [0.25, 0.3) is 0 Å². The summed E-state index contributed by atoms with van der Waals surface area (Å²) in [6.45, 7) is 10.7. The quantitative estimate of drug-likeness (QED) is 0.521. The molecule has 0 aromatic rings. The predicted molar refractivity (Wildman–Crippen MR) is 36.6 cm³/mol. The number of rotatable bonds is 5. The summed E-state index contributed by atoms with van der Waals surface area (Å²) in [7, 11) is 0. The zero-order valence-corrected chi connectivity index (χ0v) is 5.38. The minimum Gasteiger partial charge on any atom is -0.498 e. The number of hydrogen-bond donors (Lipinski definition) is 0. The molecule has 0 aliphatic carbocycles. The topological polar surface area (TPSA) is 18.5 Å². The van der Waals surface area contributed by atoms with Crippen molar-refractivity contribution in [2.75, 3.05) is 6.61 Å². The zero-order chi connectivity index (χ0) is 7.11. The summed E-state index contributed by atoms with van der Waals surface area (Å²) in [4.78, 5) is 0. The zero-order valence-electron chi connectivity index (χ0n) is 5.38. The van der Waals surface area contributed by atoms with Crippen molar-refractivity contribution in [3.63, 3.8) is 0 Å². The van der Waals surface area contributed by atoms with Gasteiger partial charge in [0.2, 0.25) is 0 Å². The molecule has 1 radical (unpaired) electrons. The molecule has 0 amide bonds. The van der Waals surface area contributed by atoms with E-state index < -0.39 is 0 Å². The van der Waals surface area contributed by atoms with Crippen LogP contribution in [0.1, 0.15) is 0 Å². The Morgan fingerprint density at radius 3 is 2.44 bits per heavy atom. The van der Waals surface area contributed by atoms with Gasteiger partial charge in [-0.3, -0.25) is 0 Å². The Balaban J connectivity index is 3.14.